The number of nitrogens with zero attached hydrogens (tertiary/aromatic N) is 2. The van der Waals surface area contributed by atoms with Crippen molar-refractivity contribution in [3.05, 3.63) is 108 Å². The lowest BCUT2D eigenvalue weighted by atomic mass is 9.98. The Morgan fingerprint density at radius 3 is 2.02 bits per heavy atom. The highest BCUT2D eigenvalue weighted by molar-refractivity contribution is 5.93. The van der Waals surface area contributed by atoms with Gasteiger partial charge in [-0.2, -0.15) is 0 Å². The van der Waals surface area contributed by atoms with Gasteiger partial charge in [0, 0.05) is 12.6 Å². The number of amides is 4. The normalized spacial score (nSPS) is 19.9. The Kier molecular flexibility index (Phi) is 10.2. The Balaban J connectivity index is 1.36. The zero-order valence-electron chi connectivity index (χ0n) is 26.6. The van der Waals surface area contributed by atoms with Gasteiger partial charge in [0.1, 0.15) is 24.3 Å². The largest absolute Gasteiger partial charge is 0.445 e. The molecule has 2 aliphatic heterocycles. The van der Waals surface area contributed by atoms with E-state index in [9.17, 15) is 19.2 Å². The van der Waals surface area contributed by atoms with Crippen molar-refractivity contribution in [2.45, 2.75) is 76.4 Å². The molecular weight excluding hydrogens is 584 g/mol. The highest BCUT2D eigenvalue weighted by Gasteiger charge is 2.46. The molecule has 2 heterocycles. The number of hydrogen-bond donors (Lipinski definition) is 2. The Labute approximate surface area is 270 Å². The summed E-state index contributed by atoms with van der Waals surface area (Å²) in [5.74, 6) is -0.714. The van der Waals surface area contributed by atoms with E-state index in [1.54, 1.807) is 25.7 Å². The van der Waals surface area contributed by atoms with E-state index in [1.807, 2.05) is 91.0 Å². The fourth-order valence-electron chi connectivity index (χ4n) is 6.05. The van der Waals surface area contributed by atoms with Crippen LogP contribution in [0.1, 0.15) is 62.8 Å². The molecule has 0 bridgehead atoms. The molecular formula is C36H42N4O6. The molecule has 3 aromatic rings. The molecule has 46 heavy (non-hydrogen) atoms. The molecule has 5 rings (SSSR count). The van der Waals surface area contributed by atoms with Gasteiger partial charge in [0.25, 0.3) is 0 Å². The first kappa shape index (κ1) is 32.5. The Hall–Kier alpha value is -4.86. The fourth-order valence-corrected chi connectivity index (χ4v) is 6.05. The van der Waals surface area contributed by atoms with Crippen LogP contribution in [0.2, 0.25) is 0 Å². The van der Waals surface area contributed by atoms with Crippen LogP contribution in [0.15, 0.2) is 91.0 Å². The standard InChI is InChI=1S/C36H42N4O6/c1-36(2,3)46-34(43)37-29-23-39(35(44)45-24-25-13-7-4-8-14-25)22-21-28-19-20-30(40(28)33(29)42)32(41)38-31(26-15-9-5-10-16-26)27-17-11-6-12-18-27/h4-18,28-31H,19-24H2,1-3H3,(H,37,43)(H,38,41)/t28-,29+,30+/m1/s1. The summed E-state index contributed by atoms with van der Waals surface area (Å²) in [6.45, 7) is 5.43. The summed E-state index contributed by atoms with van der Waals surface area (Å²) in [6.07, 6.45) is 0.138. The smallest absolute Gasteiger partial charge is 0.410 e. The predicted molar refractivity (Wildman–Crippen MR) is 173 cm³/mol. The average Bonchev–Trinajstić information content (AvgIpc) is 3.47. The van der Waals surface area contributed by atoms with Crippen LogP contribution in [0.25, 0.3) is 0 Å². The molecule has 4 amide bonds. The van der Waals surface area contributed by atoms with Crippen LogP contribution >= 0.6 is 0 Å². The molecule has 0 spiro atoms. The van der Waals surface area contributed by atoms with Gasteiger partial charge in [0.15, 0.2) is 0 Å². The minimum absolute atomic E-state index is 0.0794. The Bertz CT molecular complexity index is 1460. The van der Waals surface area contributed by atoms with Crippen molar-refractivity contribution in [3.63, 3.8) is 0 Å². The van der Waals surface area contributed by atoms with E-state index in [4.69, 9.17) is 9.47 Å². The quantitative estimate of drug-likeness (QED) is 0.373. The number of fused-ring (bicyclic) bond motifs is 1. The first-order chi connectivity index (χ1) is 22.1. The third-order valence-corrected chi connectivity index (χ3v) is 8.20. The SMILES string of the molecule is CC(C)(C)OC(=O)N[C@H]1CN(C(=O)OCc2ccccc2)CC[C@H]2CC[C@@H](C(=O)NC(c3ccccc3)c3ccccc3)N2C1=O. The second-order valence-corrected chi connectivity index (χ2v) is 12.7. The number of hydrogen-bond acceptors (Lipinski definition) is 6. The summed E-state index contributed by atoms with van der Waals surface area (Å²) >= 11 is 0. The maximum Gasteiger partial charge on any atom is 0.410 e. The van der Waals surface area contributed by atoms with Crippen LogP contribution < -0.4 is 10.6 Å². The van der Waals surface area contributed by atoms with Crippen LogP contribution in [-0.4, -0.2) is 70.6 Å². The maximum absolute atomic E-state index is 14.3. The number of carbonyl (C=O) groups excluding carboxylic acids is 4. The number of nitrogens with one attached hydrogen (secondary N) is 2. The molecule has 2 fully saturated rings. The lowest BCUT2D eigenvalue weighted by molar-refractivity contribution is -0.143. The lowest BCUT2D eigenvalue weighted by Crippen LogP contribution is -2.61. The first-order valence-electron chi connectivity index (χ1n) is 15.8. The third-order valence-electron chi connectivity index (χ3n) is 8.20. The number of carbonyl (C=O) groups is 4. The molecule has 3 atom stereocenters. The molecule has 0 unspecified atom stereocenters. The van der Waals surface area contributed by atoms with Gasteiger partial charge in [-0.1, -0.05) is 91.0 Å². The summed E-state index contributed by atoms with van der Waals surface area (Å²) in [7, 11) is 0. The van der Waals surface area contributed by atoms with Crippen LogP contribution in [-0.2, 0) is 25.7 Å². The number of rotatable bonds is 7. The fraction of sp³-hybridized carbons (Fsp3) is 0.389. The van der Waals surface area contributed by atoms with Crippen LogP contribution in [0.3, 0.4) is 0 Å². The molecule has 3 aromatic carbocycles. The van der Waals surface area contributed by atoms with Crippen molar-refractivity contribution in [3.8, 4) is 0 Å². The molecule has 0 saturated carbocycles. The zero-order valence-corrected chi connectivity index (χ0v) is 26.6. The molecule has 0 radical (unpaired) electrons. The van der Waals surface area contributed by atoms with Crippen molar-refractivity contribution in [1.29, 1.82) is 0 Å². The Morgan fingerprint density at radius 1 is 0.848 bits per heavy atom. The topological polar surface area (TPSA) is 117 Å². The third kappa shape index (κ3) is 8.24. The Morgan fingerprint density at radius 2 is 1.43 bits per heavy atom. The summed E-state index contributed by atoms with van der Waals surface area (Å²) in [4.78, 5) is 57.5. The van der Waals surface area contributed by atoms with E-state index in [2.05, 4.69) is 10.6 Å². The molecule has 2 aliphatic rings. The van der Waals surface area contributed by atoms with E-state index in [-0.39, 0.29) is 25.1 Å². The number of ether oxygens (including phenoxy) is 2. The summed E-state index contributed by atoms with van der Waals surface area (Å²) < 4.78 is 11.0. The van der Waals surface area contributed by atoms with E-state index < -0.39 is 41.8 Å². The lowest BCUT2D eigenvalue weighted by Gasteiger charge is -2.38. The van der Waals surface area contributed by atoms with Gasteiger partial charge < -0.3 is 29.9 Å². The first-order valence-corrected chi connectivity index (χ1v) is 15.8. The summed E-state index contributed by atoms with van der Waals surface area (Å²) in [6, 6.07) is 26.1. The van der Waals surface area contributed by atoms with Crippen molar-refractivity contribution >= 4 is 24.0 Å². The predicted octanol–water partition coefficient (Wildman–Crippen LogP) is 5.19. The van der Waals surface area contributed by atoms with Crippen LogP contribution in [0, 0.1) is 0 Å². The van der Waals surface area contributed by atoms with E-state index in [1.165, 1.54) is 4.90 Å². The zero-order chi connectivity index (χ0) is 32.7. The van der Waals surface area contributed by atoms with Crippen molar-refractivity contribution < 1.29 is 28.7 Å². The highest BCUT2D eigenvalue weighted by atomic mass is 16.6. The minimum atomic E-state index is -1.14. The molecule has 10 nitrogen and oxygen atoms in total. The van der Waals surface area contributed by atoms with Crippen molar-refractivity contribution in [2.24, 2.45) is 0 Å². The van der Waals surface area contributed by atoms with Crippen molar-refractivity contribution in [1.82, 2.24) is 20.4 Å². The summed E-state index contributed by atoms with van der Waals surface area (Å²) in [5, 5.41) is 5.88. The van der Waals surface area contributed by atoms with Gasteiger partial charge in [-0.05, 0) is 56.7 Å². The van der Waals surface area contributed by atoms with Gasteiger partial charge in [-0.3, -0.25) is 9.59 Å². The number of alkyl carbamates (subject to hydrolysis) is 1. The van der Waals surface area contributed by atoms with E-state index in [0.29, 0.717) is 25.8 Å². The van der Waals surface area contributed by atoms with Crippen molar-refractivity contribution in [2.75, 3.05) is 13.1 Å². The minimum Gasteiger partial charge on any atom is -0.445 e. The second kappa shape index (κ2) is 14.5. The van der Waals surface area contributed by atoms with E-state index in [0.717, 1.165) is 16.7 Å². The molecule has 2 saturated heterocycles. The van der Waals surface area contributed by atoms with Crippen LogP contribution in [0.5, 0.6) is 0 Å². The molecule has 10 heteroatoms. The second-order valence-electron chi connectivity index (χ2n) is 12.7. The van der Waals surface area contributed by atoms with E-state index >= 15 is 0 Å². The number of benzene rings is 3. The van der Waals surface area contributed by atoms with Gasteiger partial charge in [-0.25, -0.2) is 9.59 Å². The van der Waals surface area contributed by atoms with Gasteiger partial charge >= 0.3 is 12.2 Å². The molecule has 2 N–H and O–H groups in total. The molecule has 0 aliphatic carbocycles. The van der Waals surface area contributed by atoms with Crippen LogP contribution in [0.4, 0.5) is 9.59 Å². The van der Waals surface area contributed by atoms with Gasteiger partial charge in [0.05, 0.1) is 12.6 Å². The molecule has 242 valence electrons. The maximum atomic E-state index is 14.3. The monoisotopic (exact) mass is 626 g/mol. The van der Waals surface area contributed by atoms with Gasteiger partial charge in [-0.15, -0.1) is 0 Å². The summed E-state index contributed by atoms with van der Waals surface area (Å²) in [5.41, 5.74) is 1.88. The van der Waals surface area contributed by atoms with Gasteiger partial charge in [0.2, 0.25) is 11.8 Å². The average molecular weight is 627 g/mol. The molecule has 0 aromatic heterocycles. The highest BCUT2D eigenvalue weighted by Crippen LogP contribution is 2.31.